The molecule has 28 heavy (non-hydrogen) atoms. The predicted molar refractivity (Wildman–Crippen MR) is 116 cm³/mol. The quantitative estimate of drug-likeness (QED) is 0.387. The average Bonchev–Trinajstić information content (AvgIpc) is 3.16. The van der Waals surface area contributed by atoms with E-state index in [-0.39, 0.29) is 11.8 Å². The summed E-state index contributed by atoms with van der Waals surface area (Å²) in [5.74, 6) is 0.167. The summed E-state index contributed by atoms with van der Waals surface area (Å²) in [6.07, 6.45) is 13.6. The van der Waals surface area contributed by atoms with Crippen LogP contribution < -0.4 is 4.72 Å². The number of hydrogen-bond donors (Lipinski definition) is 2. The van der Waals surface area contributed by atoms with Crippen LogP contribution in [0, 0.1) is 6.92 Å². The highest BCUT2D eigenvalue weighted by atomic mass is 35.5. The zero-order valence-electron chi connectivity index (χ0n) is 17.4. The van der Waals surface area contributed by atoms with Crippen LogP contribution in [0.4, 0.5) is 0 Å². The monoisotopic (exact) mass is 430 g/mol. The molecule has 0 fully saturated rings. The van der Waals surface area contributed by atoms with E-state index in [1.54, 1.807) is 10.7 Å². The van der Waals surface area contributed by atoms with Crippen LogP contribution in [0.25, 0.3) is 5.65 Å². The first-order valence-corrected chi connectivity index (χ1v) is 12.6. The Morgan fingerprint density at radius 1 is 1.11 bits per heavy atom. The van der Waals surface area contributed by atoms with Crippen molar-refractivity contribution in [1.82, 2.24) is 19.3 Å². The molecular weight excluding hydrogens is 396 g/mol. The molecule has 0 aromatic carbocycles. The van der Waals surface area contributed by atoms with E-state index >= 15 is 0 Å². The standard InChI is InChI=1S/C20H35ClN4O2S/c1-4-5-6-7-8-9-10-11-12-13-14-28(26,27)24-16(2)18-15-22-20-19(21)17(3)23-25(18)20/h15-16,22,24H,4-14H2,1-3H3. The number of rotatable bonds is 14. The molecule has 0 aliphatic heterocycles. The fourth-order valence-corrected chi connectivity index (χ4v) is 5.03. The molecule has 0 amide bonds. The molecule has 0 aliphatic carbocycles. The number of nitrogens with one attached hydrogen (secondary N) is 2. The van der Waals surface area contributed by atoms with E-state index in [4.69, 9.17) is 11.6 Å². The number of sulfonamides is 1. The SMILES string of the molecule is CCCCCCCCCCCCS(=O)(=O)NC(C)c1c[nH]c2c(Cl)c(C)nn12. The molecule has 2 aromatic rings. The number of aryl methyl sites for hydroxylation is 1. The summed E-state index contributed by atoms with van der Waals surface area (Å²) >= 11 is 6.19. The van der Waals surface area contributed by atoms with Crippen molar-refractivity contribution in [2.75, 3.05) is 5.75 Å². The van der Waals surface area contributed by atoms with Crippen LogP contribution in [0.1, 0.15) is 95.5 Å². The van der Waals surface area contributed by atoms with Crippen molar-refractivity contribution in [3.8, 4) is 0 Å². The Balaban J connectivity index is 1.69. The van der Waals surface area contributed by atoms with Gasteiger partial charge in [-0.15, -0.1) is 0 Å². The third-order valence-electron chi connectivity index (χ3n) is 5.16. The minimum atomic E-state index is -3.32. The van der Waals surface area contributed by atoms with E-state index in [0.717, 1.165) is 24.2 Å². The Hall–Kier alpha value is -1.05. The highest BCUT2D eigenvalue weighted by Crippen LogP contribution is 2.24. The Kier molecular flexibility index (Phi) is 9.31. The van der Waals surface area contributed by atoms with Gasteiger partial charge < -0.3 is 4.98 Å². The molecule has 0 spiro atoms. The molecular formula is C20H35ClN4O2S. The van der Waals surface area contributed by atoms with Gasteiger partial charge in [0.2, 0.25) is 10.0 Å². The van der Waals surface area contributed by atoms with Crippen LogP contribution in [0.2, 0.25) is 5.02 Å². The summed E-state index contributed by atoms with van der Waals surface area (Å²) in [4.78, 5) is 3.07. The second kappa shape index (κ2) is 11.2. The highest BCUT2D eigenvalue weighted by Gasteiger charge is 2.20. The number of H-pyrrole nitrogens is 1. The topological polar surface area (TPSA) is 79.3 Å². The summed E-state index contributed by atoms with van der Waals surface area (Å²) in [5, 5.41) is 4.93. The predicted octanol–water partition coefficient (Wildman–Crippen LogP) is 5.53. The summed E-state index contributed by atoms with van der Waals surface area (Å²) in [6, 6.07) is -0.378. The Morgan fingerprint density at radius 2 is 1.68 bits per heavy atom. The van der Waals surface area contributed by atoms with Gasteiger partial charge in [-0.1, -0.05) is 76.3 Å². The van der Waals surface area contributed by atoms with Gasteiger partial charge in [-0.2, -0.15) is 5.10 Å². The van der Waals surface area contributed by atoms with Gasteiger partial charge in [-0.3, -0.25) is 0 Å². The zero-order valence-corrected chi connectivity index (χ0v) is 19.0. The molecule has 2 aromatic heterocycles. The Morgan fingerprint density at radius 3 is 2.29 bits per heavy atom. The number of halogens is 1. The smallest absolute Gasteiger partial charge is 0.212 e. The van der Waals surface area contributed by atoms with Crippen LogP contribution >= 0.6 is 11.6 Å². The molecule has 8 heteroatoms. The lowest BCUT2D eigenvalue weighted by Gasteiger charge is -2.13. The zero-order chi connectivity index (χ0) is 20.6. The van der Waals surface area contributed by atoms with Gasteiger partial charge in [0.25, 0.3) is 0 Å². The van der Waals surface area contributed by atoms with Crippen molar-refractivity contribution in [1.29, 1.82) is 0 Å². The van der Waals surface area contributed by atoms with Crippen molar-refractivity contribution < 1.29 is 8.42 Å². The maximum Gasteiger partial charge on any atom is 0.212 e. The number of aromatic nitrogens is 3. The van der Waals surface area contributed by atoms with Crippen molar-refractivity contribution in [2.45, 2.75) is 91.0 Å². The number of aromatic amines is 1. The fourth-order valence-electron chi connectivity index (χ4n) is 3.50. The van der Waals surface area contributed by atoms with Gasteiger partial charge in [0.05, 0.1) is 23.2 Å². The van der Waals surface area contributed by atoms with Gasteiger partial charge >= 0.3 is 0 Å². The van der Waals surface area contributed by atoms with E-state index < -0.39 is 10.0 Å². The van der Waals surface area contributed by atoms with Crippen LogP contribution in [0.15, 0.2) is 6.20 Å². The first-order valence-electron chi connectivity index (χ1n) is 10.6. The van der Waals surface area contributed by atoms with Gasteiger partial charge in [0.15, 0.2) is 5.65 Å². The number of fused-ring (bicyclic) bond motifs is 1. The summed E-state index contributed by atoms with van der Waals surface area (Å²) in [7, 11) is -3.32. The van der Waals surface area contributed by atoms with Crippen LogP contribution in [0.5, 0.6) is 0 Å². The first kappa shape index (κ1) is 23.2. The van der Waals surface area contributed by atoms with Crippen molar-refractivity contribution in [3.05, 3.63) is 22.6 Å². The maximum absolute atomic E-state index is 12.4. The van der Waals surface area contributed by atoms with Crippen molar-refractivity contribution >= 4 is 27.3 Å². The van der Waals surface area contributed by atoms with Crippen LogP contribution in [-0.4, -0.2) is 28.8 Å². The molecule has 0 radical (unpaired) electrons. The molecule has 2 heterocycles. The van der Waals surface area contributed by atoms with Gasteiger partial charge in [0, 0.05) is 6.20 Å². The lowest BCUT2D eigenvalue weighted by atomic mass is 10.1. The third-order valence-corrected chi connectivity index (χ3v) is 7.15. The summed E-state index contributed by atoms with van der Waals surface area (Å²) in [6.45, 7) is 5.88. The molecule has 0 saturated carbocycles. The normalized spacial score (nSPS) is 13.4. The maximum atomic E-state index is 12.4. The van der Waals surface area contributed by atoms with E-state index in [2.05, 4.69) is 21.7 Å². The third kappa shape index (κ3) is 6.78. The second-order valence-electron chi connectivity index (χ2n) is 7.71. The van der Waals surface area contributed by atoms with E-state index in [0.29, 0.717) is 17.1 Å². The minimum absolute atomic E-state index is 0.167. The van der Waals surface area contributed by atoms with E-state index in [1.807, 2.05) is 13.8 Å². The summed E-state index contributed by atoms with van der Waals surface area (Å²) in [5.41, 5.74) is 2.15. The van der Waals surface area contributed by atoms with E-state index in [9.17, 15) is 8.42 Å². The van der Waals surface area contributed by atoms with Crippen LogP contribution in [-0.2, 0) is 10.0 Å². The highest BCUT2D eigenvalue weighted by molar-refractivity contribution is 7.89. The lowest BCUT2D eigenvalue weighted by Crippen LogP contribution is -2.29. The Bertz CT molecular complexity index is 829. The van der Waals surface area contributed by atoms with Crippen molar-refractivity contribution in [3.63, 3.8) is 0 Å². The number of imidazole rings is 1. The molecule has 2 rings (SSSR count). The Labute approximate surface area is 174 Å². The van der Waals surface area contributed by atoms with Crippen LogP contribution in [0.3, 0.4) is 0 Å². The molecule has 6 nitrogen and oxygen atoms in total. The average molecular weight is 431 g/mol. The number of unbranched alkanes of at least 4 members (excludes halogenated alkanes) is 9. The van der Waals surface area contributed by atoms with Crippen molar-refractivity contribution in [2.24, 2.45) is 0 Å². The minimum Gasteiger partial charge on any atom is -0.343 e. The fraction of sp³-hybridized carbons (Fsp3) is 0.750. The molecule has 0 bridgehead atoms. The number of hydrogen-bond acceptors (Lipinski definition) is 3. The molecule has 0 saturated heterocycles. The largest absolute Gasteiger partial charge is 0.343 e. The van der Waals surface area contributed by atoms with Gasteiger partial charge in [-0.05, 0) is 20.3 Å². The molecule has 2 N–H and O–H groups in total. The molecule has 1 unspecified atom stereocenters. The van der Waals surface area contributed by atoms with Gasteiger partial charge in [-0.25, -0.2) is 17.7 Å². The molecule has 0 aliphatic rings. The molecule has 160 valence electrons. The van der Waals surface area contributed by atoms with Gasteiger partial charge in [0.1, 0.15) is 5.02 Å². The second-order valence-corrected chi connectivity index (χ2v) is 9.97. The first-order chi connectivity index (χ1) is 13.4. The summed E-state index contributed by atoms with van der Waals surface area (Å²) < 4.78 is 29.2. The molecule has 1 atom stereocenters. The number of nitrogens with zero attached hydrogens (tertiary/aromatic N) is 2. The van der Waals surface area contributed by atoms with E-state index in [1.165, 1.54) is 44.9 Å². The lowest BCUT2D eigenvalue weighted by molar-refractivity contribution is 0.546.